The number of hydrogen-bond acceptors (Lipinski definition) is 5. The van der Waals surface area contributed by atoms with Crippen LogP contribution in [0.5, 0.6) is 0 Å². The molecule has 0 fully saturated rings. The molecule has 1 unspecified atom stereocenters. The summed E-state index contributed by atoms with van der Waals surface area (Å²) in [5.41, 5.74) is 0.224. The van der Waals surface area contributed by atoms with E-state index in [1.54, 1.807) is 13.8 Å². The quantitative estimate of drug-likeness (QED) is 0.596. The number of thioether (sulfide) groups is 1. The summed E-state index contributed by atoms with van der Waals surface area (Å²) in [6.45, 7) is 3.53. The molecule has 16 heavy (non-hydrogen) atoms. The van der Waals surface area contributed by atoms with Crippen LogP contribution in [0.4, 0.5) is 0 Å². The van der Waals surface area contributed by atoms with E-state index in [1.165, 1.54) is 6.20 Å². The smallest absolute Gasteiger partial charge is 0.356 e. The first-order valence-corrected chi connectivity index (χ1v) is 5.54. The maximum absolute atomic E-state index is 11.3. The third-order valence-electron chi connectivity index (χ3n) is 1.68. The van der Waals surface area contributed by atoms with Gasteiger partial charge >= 0.3 is 11.9 Å². The Kier molecular flexibility index (Phi) is 4.36. The lowest BCUT2D eigenvalue weighted by Crippen LogP contribution is -2.11. The average Bonchev–Trinajstić information content (AvgIpc) is 2.66. The molecule has 0 aliphatic carbocycles. The second kappa shape index (κ2) is 5.55. The van der Waals surface area contributed by atoms with Gasteiger partial charge in [-0.2, -0.15) is 0 Å². The number of carboxylic acids is 1. The molecule has 2 N–H and O–H groups in total. The van der Waals surface area contributed by atoms with E-state index in [4.69, 9.17) is 9.84 Å². The average molecular weight is 244 g/mol. The van der Waals surface area contributed by atoms with Crippen molar-refractivity contribution in [2.75, 3.05) is 6.61 Å². The highest BCUT2D eigenvalue weighted by Crippen LogP contribution is 2.20. The fourth-order valence-corrected chi connectivity index (χ4v) is 1.61. The number of carbonyl (C=O) groups is 2. The van der Waals surface area contributed by atoms with Gasteiger partial charge in [0.25, 0.3) is 0 Å². The fraction of sp³-hybridized carbons (Fsp3) is 0.444. The zero-order chi connectivity index (χ0) is 12.1. The van der Waals surface area contributed by atoms with Gasteiger partial charge in [-0.05, 0) is 13.8 Å². The van der Waals surface area contributed by atoms with Gasteiger partial charge in [0.05, 0.1) is 12.8 Å². The number of ether oxygens (including phenoxy) is 1. The highest BCUT2D eigenvalue weighted by molar-refractivity contribution is 8.00. The molecule has 1 rings (SSSR count). The van der Waals surface area contributed by atoms with Crippen molar-refractivity contribution in [3.05, 3.63) is 11.9 Å². The van der Waals surface area contributed by atoms with E-state index in [2.05, 4.69) is 9.97 Å². The van der Waals surface area contributed by atoms with Crippen LogP contribution in [-0.4, -0.2) is 38.9 Å². The van der Waals surface area contributed by atoms with E-state index in [0.717, 1.165) is 11.8 Å². The molecule has 1 aromatic rings. The highest BCUT2D eigenvalue weighted by atomic mass is 32.2. The minimum atomic E-state index is -0.931. The Morgan fingerprint density at radius 1 is 1.69 bits per heavy atom. The van der Waals surface area contributed by atoms with Gasteiger partial charge in [-0.1, -0.05) is 11.8 Å². The molecular weight excluding hydrogens is 232 g/mol. The maximum Gasteiger partial charge on any atom is 0.356 e. The topological polar surface area (TPSA) is 92.3 Å². The molecule has 0 aromatic carbocycles. The van der Waals surface area contributed by atoms with E-state index in [1.807, 2.05) is 0 Å². The summed E-state index contributed by atoms with van der Waals surface area (Å²) in [5.74, 6) is -1.43. The van der Waals surface area contributed by atoms with E-state index < -0.39 is 17.2 Å². The summed E-state index contributed by atoms with van der Waals surface area (Å²) >= 11 is 1.03. The molecule has 1 aromatic heterocycles. The molecule has 0 bridgehead atoms. The van der Waals surface area contributed by atoms with Crippen LogP contribution >= 0.6 is 11.8 Å². The lowest BCUT2D eigenvalue weighted by molar-refractivity contribution is -0.136. The molecule has 0 aliphatic heterocycles. The van der Waals surface area contributed by atoms with Crippen molar-refractivity contribution in [3.63, 3.8) is 0 Å². The predicted octanol–water partition coefficient (Wildman–Crippen LogP) is 1.15. The van der Waals surface area contributed by atoms with E-state index in [9.17, 15) is 9.59 Å². The molecule has 0 radical (unpaired) electrons. The minimum absolute atomic E-state index is 0.224. The number of H-pyrrole nitrogens is 1. The van der Waals surface area contributed by atoms with E-state index in [-0.39, 0.29) is 12.3 Å². The van der Waals surface area contributed by atoms with Crippen LogP contribution in [0.25, 0.3) is 0 Å². The molecule has 0 amide bonds. The highest BCUT2D eigenvalue weighted by Gasteiger charge is 2.16. The number of aromatic nitrogens is 2. The molecule has 88 valence electrons. The van der Waals surface area contributed by atoms with Crippen molar-refractivity contribution >= 4 is 23.7 Å². The van der Waals surface area contributed by atoms with Crippen LogP contribution in [0.3, 0.4) is 0 Å². The first-order chi connectivity index (χ1) is 7.54. The molecule has 7 heteroatoms. The van der Waals surface area contributed by atoms with Gasteiger partial charge in [0.15, 0.2) is 5.16 Å². The van der Waals surface area contributed by atoms with Crippen molar-refractivity contribution in [2.24, 2.45) is 0 Å². The Bertz CT molecular complexity index is 391. The van der Waals surface area contributed by atoms with Gasteiger partial charge in [-0.15, -0.1) is 0 Å². The van der Waals surface area contributed by atoms with Crippen molar-refractivity contribution < 1.29 is 19.4 Å². The Morgan fingerprint density at radius 2 is 2.38 bits per heavy atom. The monoisotopic (exact) mass is 244 g/mol. The molecule has 1 heterocycles. The SMILES string of the molecule is CCOC(=O)c1cnc(SC(C)C(=O)O)[nH]1. The van der Waals surface area contributed by atoms with Gasteiger partial charge in [0.2, 0.25) is 0 Å². The lowest BCUT2D eigenvalue weighted by Gasteiger charge is -2.01. The molecule has 6 nitrogen and oxygen atoms in total. The van der Waals surface area contributed by atoms with Gasteiger partial charge in [-0.3, -0.25) is 4.79 Å². The molecule has 0 saturated heterocycles. The van der Waals surface area contributed by atoms with Crippen molar-refractivity contribution in [3.8, 4) is 0 Å². The van der Waals surface area contributed by atoms with Crippen LogP contribution in [0.2, 0.25) is 0 Å². The number of aromatic amines is 1. The fourth-order valence-electron chi connectivity index (χ4n) is 0.893. The Morgan fingerprint density at radius 3 is 2.94 bits per heavy atom. The first-order valence-electron chi connectivity index (χ1n) is 4.66. The number of esters is 1. The van der Waals surface area contributed by atoms with E-state index >= 15 is 0 Å². The minimum Gasteiger partial charge on any atom is -0.480 e. The largest absolute Gasteiger partial charge is 0.480 e. The zero-order valence-corrected chi connectivity index (χ0v) is 9.71. The van der Waals surface area contributed by atoms with Gasteiger partial charge in [0, 0.05) is 0 Å². The molecule has 1 atom stereocenters. The third-order valence-corrected chi connectivity index (χ3v) is 2.67. The third kappa shape index (κ3) is 3.27. The summed E-state index contributed by atoms with van der Waals surface area (Å²) in [6, 6.07) is 0. The number of carbonyl (C=O) groups excluding carboxylic acids is 1. The number of nitrogens with zero attached hydrogens (tertiary/aromatic N) is 1. The Hall–Kier alpha value is -1.50. The number of imidazole rings is 1. The normalized spacial score (nSPS) is 12.1. The number of aliphatic carboxylic acids is 1. The number of carboxylic acid groups (broad SMARTS) is 1. The van der Waals surface area contributed by atoms with Crippen molar-refractivity contribution in [2.45, 2.75) is 24.3 Å². The second-order valence-electron chi connectivity index (χ2n) is 2.92. The van der Waals surface area contributed by atoms with Gasteiger partial charge < -0.3 is 14.8 Å². The Labute approximate surface area is 96.4 Å². The lowest BCUT2D eigenvalue weighted by atomic mass is 10.5. The summed E-state index contributed by atoms with van der Waals surface area (Å²) in [5, 5.41) is 8.45. The van der Waals surface area contributed by atoms with Crippen LogP contribution in [0, 0.1) is 0 Å². The van der Waals surface area contributed by atoms with Crippen LogP contribution in [0.15, 0.2) is 11.4 Å². The number of rotatable bonds is 5. The first kappa shape index (κ1) is 12.6. The van der Waals surface area contributed by atoms with Crippen LogP contribution in [-0.2, 0) is 9.53 Å². The molecule has 0 aliphatic rings. The number of hydrogen-bond donors (Lipinski definition) is 2. The molecular formula is C9H12N2O4S. The van der Waals surface area contributed by atoms with Gasteiger partial charge in [-0.25, -0.2) is 9.78 Å². The maximum atomic E-state index is 11.3. The standard InChI is InChI=1S/C9H12N2O4S/c1-3-15-8(14)6-4-10-9(11-6)16-5(2)7(12)13/h4-5H,3H2,1-2H3,(H,10,11)(H,12,13). The summed E-state index contributed by atoms with van der Waals surface area (Å²) < 4.78 is 4.76. The van der Waals surface area contributed by atoms with Gasteiger partial charge in [0.1, 0.15) is 10.9 Å². The summed E-state index contributed by atoms with van der Waals surface area (Å²) in [4.78, 5) is 28.4. The second-order valence-corrected chi connectivity index (χ2v) is 4.25. The predicted molar refractivity (Wildman–Crippen MR) is 57.5 cm³/mol. The van der Waals surface area contributed by atoms with Crippen LogP contribution in [0.1, 0.15) is 24.3 Å². The summed E-state index contributed by atoms with van der Waals surface area (Å²) in [7, 11) is 0. The molecule has 0 saturated carbocycles. The molecule has 0 spiro atoms. The Balaban J connectivity index is 2.64. The number of nitrogens with one attached hydrogen (secondary N) is 1. The van der Waals surface area contributed by atoms with E-state index in [0.29, 0.717) is 5.16 Å². The van der Waals surface area contributed by atoms with Crippen molar-refractivity contribution in [1.82, 2.24) is 9.97 Å². The summed E-state index contributed by atoms with van der Waals surface area (Å²) in [6.07, 6.45) is 1.33. The van der Waals surface area contributed by atoms with Crippen LogP contribution < -0.4 is 0 Å². The van der Waals surface area contributed by atoms with Crippen molar-refractivity contribution in [1.29, 1.82) is 0 Å². The zero-order valence-electron chi connectivity index (χ0n) is 8.89.